The number of aromatic nitrogens is 4. The standard InChI is InChI=1S/C31H32F3N7O3/c1-44-18-30(10-3-11-30)29(43)40-14-2-4-21(17-40)27-39-24(25-26(35)37-13-15-41(25)27)19-5-7-20(8-6-19)28(42)38-23-16-22(9-12-36-23)31(32,33)34/h5-9,12-13,15-16,21H,2-4,10-11,14,17-18H2,1H3,(H2,35,37)(H,36,38,42). The molecule has 1 aromatic carbocycles. The normalized spacial score (nSPS) is 18.2. The minimum atomic E-state index is -4.55. The van der Waals surface area contributed by atoms with Gasteiger partial charge in [-0.2, -0.15) is 13.2 Å². The minimum absolute atomic E-state index is 0.0274. The van der Waals surface area contributed by atoms with Gasteiger partial charge in [-0.25, -0.2) is 15.0 Å². The second-order valence-corrected chi connectivity index (χ2v) is 11.5. The van der Waals surface area contributed by atoms with Crippen molar-refractivity contribution in [3.05, 3.63) is 71.9 Å². The Kier molecular flexibility index (Phi) is 7.74. The zero-order valence-corrected chi connectivity index (χ0v) is 24.1. The van der Waals surface area contributed by atoms with Crippen LogP contribution in [0.15, 0.2) is 55.0 Å². The first-order chi connectivity index (χ1) is 21.1. The van der Waals surface area contributed by atoms with Crippen LogP contribution in [0.3, 0.4) is 0 Å². The van der Waals surface area contributed by atoms with Gasteiger partial charge in [0.05, 0.1) is 17.6 Å². The summed E-state index contributed by atoms with van der Waals surface area (Å²) in [5.41, 5.74) is 7.10. The highest BCUT2D eigenvalue weighted by molar-refractivity contribution is 6.04. The number of hydrogen-bond acceptors (Lipinski definition) is 7. The quantitative estimate of drug-likeness (QED) is 0.297. The molecule has 0 bridgehead atoms. The van der Waals surface area contributed by atoms with Gasteiger partial charge in [0.2, 0.25) is 5.91 Å². The molecule has 10 nitrogen and oxygen atoms in total. The Morgan fingerprint density at radius 2 is 1.89 bits per heavy atom. The monoisotopic (exact) mass is 607 g/mol. The van der Waals surface area contributed by atoms with Crippen molar-refractivity contribution in [2.24, 2.45) is 5.41 Å². The first-order valence-corrected chi connectivity index (χ1v) is 14.5. The summed E-state index contributed by atoms with van der Waals surface area (Å²) >= 11 is 0. The van der Waals surface area contributed by atoms with Crippen molar-refractivity contribution in [3.8, 4) is 11.3 Å². The van der Waals surface area contributed by atoms with Crippen LogP contribution >= 0.6 is 0 Å². The van der Waals surface area contributed by atoms with Gasteiger partial charge in [-0.15, -0.1) is 0 Å². The summed E-state index contributed by atoms with van der Waals surface area (Å²) in [6, 6.07) is 8.15. The van der Waals surface area contributed by atoms with Crippen LogP contribution in [0.1, 0.15) is 59.8 Å². The first-order valence-electron chi connectivity index (χ1n) is 14.5. The highest BCUT2D eigenvalue weighted by Crippen LogP contribution is 2.44. The number of piperidine rings is 1. The topological polar surface area (TPSA) is 128 Å². The van der Waals surface area contributed by atoms with Gasteiger partial charge in [0, 0.05) is 55.8 Å². The lowest BCUT2D eigenvalue weighted by atomic mass is 9.68. The Morgan fingerprint density at radius 1 is 1.11 bits per heavy atom. The van der Waals surface area contributed by atoms with E-state index in [0.717, 1.165) is 56.3 Å². The molecule has 1 aliphatic heterocycles. The molecule has 2 fully saturated rings. The number of anilines is 2. The van der Waals surface area contributed by atoms with E-state index in [2.05, 4.69) is 15.3 Å². The number of nitrogens with two attached hydrogens (primary N) is 1. The van der Waals surface area contributed by atoms with E-state index in [1.165, 1.54) is 0 Å². The van der Waals surface area contributed by atoms with Crippen molar-refractivity contribution >= 4 is 29.0 Å². The average molecular weight is 608 g/mol. The maximum atomic E-state index is 13.6. The number of nitrogens with zero attached hydrogens (tertiary/aromatic N) is 5. The van der Waals surface area contributed by atoms with Crippen LogP contribution in [0.5, 0.6) is 0 Å². The Hall–Kier alpha value is -4.52. The van der Waals surface area contributed by atoms with Gasteiger partial charge >= 0.3 is 6.18 Å². The zero-order valence-electron chi connectivity index (χ0n) is 24.1. The fourth-order valence-electron chi connectivity index (χ4n) is 6.23. The Bertz CT molecular complexity index is 1700. The van der Waals surface area contributed by atoms with Gasteiger partial charge in [0.25, 0.3) is 5.91 Å². The first kappa shape index (κ1) is 29.5. The summed E-state index contributed by atoms with van der Waals surface area (Å²) in [5.74, 6) is 0.365. The molecule has 13 heteroatoms. The van der Waals surface area contributed by atoms with Crippen LogP contribution in [0.4, 0.5) is 24.8 Å². The van der Waals surface area contributed by atoms with E-state index in [0.29, 0.717) is 36.5 Å². The summed E-state index contributed by atoms with van der Waals surface area (Å²) < 4.78 is 46.5. The fourth-order valence-corrected chi connectivity index (χ4v) is 6.23. The fraction of sp³-hybridized carbons (Fsp3) is 0.387. The van der Waals surface area contributed by atoms with Crippen LogP contribution in [0.25, 0.3) is 16.8 Å². The van der Waals surface area contributed by atoms with E-state index in [9.17, 15) is 22.8 Å². The number of carbonyl (C=O) groups excluding carboxylic acids is 2. The third-order valence-electron chi connectivity index (χ3n) is 8.62. The van der Waals surface area contributed by atoms with E-state index >= 15 is 0 Å². The molecule has 6 rings (SSSR count). The van der Waals surface area contributed by atoms with Crippen LogP contribution in [0.2, 0.25) is 0 Å². The number of alkyl halides is 3. The second-order valence-electron chi connectivity index (χ2n) is 11.5. The smallest absolute Gasteiger partial charge is 0.384 e. The zero-order chi connectivity index (χ0) is 31.1. The molecular formula is C31H32F3N7O3. The van der Waals surface area contributed by atoms with Gasteiger partial charge in [-0.05, 0) is 49.9 Å². The van der Waals surface area contributed by atoms with Crippen molar-refractivity contribution in [3.63, 3.8) is 0 Å². The molecule has 1 unspecified atom stereocenters. The van der Waals surface area contributed by atoms with Gasteiger partial charge in [0.1, 0.15) is 28.7 Å². The third kappa shape index (κ3) is 5.47. The van der Waals surface area contributed by atoms with Crippen molar-refractivity contribution in [1.29, 1.82) is 0 Å². The SMILES string of the molecule is COCC1(C(=O)N2CCCC(c3nc(-c4ccc(C(=O)Nc5cc(C(F)(F)F)ccn5)cc4)c4c(N)nccn34)C2)CCC1. The van der Waals surface area contributed by atoms with Gasteiger partial charge in [-0.1, -0.05) is 18.6 Å². The van der Waals surface area contributed by atoms with Gasteiger partial charge in [-0.3, -0.25) is 14.0 Å². The maximum Gasteiger partial charge on any atom is 0.416 e. The number of pyridine rings is 1. The Labute approximate surface area is 251 Å². The number of nitrogens with one attached hydrogen (secondary N) is 1. The number of amides is 2. The molecule has 1 saturated carbocycles. The van der Waals surface area contributed by atoms with Crippen LogP contribution in [-0.2, 0) is 15.7 Å². The van der Waals surface area contributed by atoms with E-state index in [1.54, 1.807) is 43.8 Å². The molecular weight excluding hydrogens is 575 g/mol. The molecule has 3 N–H and O–H groups in total. The number of carbonyl (C=O) groups is 2. The molecule has 3 aromatic heterocycles. The summed E-state index contributed by atoms with van der Waals surface area (Å²) in [7, 11) is 1.63. The number of ether oxygens (including phenoxy) is 1. The maximum absolute atomic E-state index is 13.6. The minimum Gasteiger partial charge on any atom is -0.384 e. The molecule has 1 saturated heterocycles. The van der Waals surface area contributed by atoms with Crippen LogP contribution in [-0.4, -0.2) is 62.9 Å². The molecule has 2 amide bonds. The van der Waals surface area contributed by atoms with Gasteiger partial charge < -0.3 is 20.7 Å². The molecule has 1 atom stereocenters. The predicted molar refractivity (Wildman–Crippen MR) is 157 cm³/mol. The second kappa shape index (κ2) is 11.5. The lowest BCUT2D eigenvalue weighted by Crippen LogP contribution is -2.52. The molecule has 44 heavy (non-hydrogen) atoms. The van der Waals surface area contributed by atoms with Crippen LogP contribution < -0.4 is 11.1 Å². The highest BCUT2D eigenvalue weighted by Gasteiger charge is 2.47. The molecule has 230 valence electrons. The average Bonchev–Trinajstić information content (AvgIpc) is 3.39. The summed E-state index contributed by atoms with van der Waals surface area (Å²) in [5, 5.41) is 2.42. The van der Waals surface area contributed by atoms with Crippen molar-refractivity contribution < 1.29 is 27.5 Å². The molecule has 2 aliphatic rings. The molecule has 0 radical (unpaired) electrons. The molecule has 1 aliphatic carbocycles. The van der Waals surface area contributed by atoms with Crippen molar-refractivity contribution in [1.82, 2.24) is 24.3 Å². The molecule has 0 spiro atoms. The highest BCUT2D eigenvalue weighted by atomic mass is 19.4. The number of benzene rings is 1. The third-order valence-corrected chi connectivity index (χ3v) is 8.62. The van der Waals surface area contributed by atoms with Crippen molar-refractivity contribution in [2.45, 2.75) is 44.2 Å². The number of fused-ring (bicyclic) bond motifs is 1. The largest absolute Gasteiger partial charge is 0.416 e. The molecule has 4 heterocycles. The number of nitrogen functional groups attached to an aromatic ring is 1. The number of likely N-dealkylation sites (tertiary alicyclic amines) is 1. The van der Waals surface area contributed by atoms with E-state index < -0.39 is 23.1 Å². The van der Waals surface area contributed by atoms with E-state index in [-0.39, 0.29) is 29.0 Å². The number of hydrogen-bond donors (Lipinski definition) is 2. The van der Waals surface area contributed by atoms with Gasteiger partial charge in [0.15, 0.2) is 0 Å². The Morgan fingerprint density at radius 3 is 2.57 bits per heavy atom. The number of rotatable bonds is 7. The lowest BCUT2D eigenvalue weighted by Gasteiger charge is -2.45. The summed E-state index contributed by atoms with van der Waals surface area (Å²) in [4.78, 5) is 41.4. The summed E-state index contributed by atoms with van der Waals surface area (Å²) in [6.07, 6.45) is 4.25. The molecule has 4 aromatic rings. The van der Waals surface area contributed by atoms with Crippen LogP contribution in [0, 0.1) is 5.41 Å². The van der Waals surface area contributed by atoms with E-state index in [4.69, 9.17) is 15.5 Å². The van der Waals surface area contributed by atoms with E-state index in [1.807, 2.05) is 9.30 Å². The number of imidazole rings is 1. The predicted octanol–water partition coefficient (Wildman–Crippen LogP) is 5.17. The van der Waals surface area contributed by atoms with Crippen molar-refractivity contribution in [2.75, 3.05) is 37.9 Å². The number of methoxy groups -OCH3 is 1. The summed E-state index contributed by atoms with van der Waals surface area (Å²) in [6.45, 7) is 1.66. The number of halogens is 3. The lowest BCUT2D eigenvalue weighted by molar-refractivity contribution is -0.153. The Balaban J connectivity index is 1.25.